The lowest BCUT2D eigenvalue weighted by Crippen LogP contribution is -2.11. The minimum Gasteiger partial charge on any atom is -0.462 e. The van der Waals surface area contributed by atoms with Crippen molar-refractivity contribution >= 4 is 17.3 Å². The van der Waals surface area contributed by atoms with Crippen LogP contribution in [0.25, 0.3) is 10.4 Å². The topological polar surface area (TPSA) is 95.3 Å². The zero-order chi connectivity index (χ0) is 14.3. The number of nitrogens with zero attached hydrogens (tertiary/aromatic N) is 3. The number of rotatable bonds is 7. The van der Waals surface area contributed by atoms with E-state index in [9.17, 15) is 9.90 Å². The zero-order valence-corrected chi connectivity index (χ0v) is 11.8. The van der Waals surface area contributed by atoms with Gasteiger partial charge in [-0.3, -0.25) is 0 Å². The Hall–Kier alpha value is -1.56. The van der Waals surface area contributed by atoms with E-state index in [2.05, 4.69) is 10.0 Å². The summed E-state index contributed by atoms with van der Waals surface area (Å²) in [6, 6.07) is 1.80. The summed E-state index contributed by atoms with van der Waals surface area (Å²) >= 11 is 1.38. The third-order valence-electron chi connectivity index (χ3n) is 2.56. The second kappa shape index (κ2) is 7.78. The van der Waals surface area contributed by atoms with Crippen molar-refractivity contribution in [1.29, 1.82) is 0 Å². The first kappa shape index (κ1) is 15.5. The number of aryl methyl sites for hydroxylation is 2. The molecule has 0 amide bonds. The van der Waals surface area contributed by atoms with Crippen molar-refractivity contribution in [3.63, 3.8) is 0 Å². The van der Waals surface area contributed by atoms with Gasteiger partial charge in [0.2, 0.25) is 0 Å². The monoisotopic (exact) mass is 283 g/mol. The summed E-state index contributed by atoms with van der Waals surface area (Å²) in [4.78, 5) is 15.8. The van der Waals surface area contributed by atoms with Crippen molar-refractivity contribution < 1.29 is 14.6 Å². The number of aliphatic hydroxyl groups is 1. The molecule has 0 aliphatic rings. The normalized spacial score (nSPS) is 11.7. The van der Waals surface area contributed by atoms with Crippen LogP contribution in [-0.2, 0) is 11.2 Å². The number of ether oxygens (including phenoxy) is 1. The molecule has 0 bridgehead atoms. The quantitative estimate of drug-likeness (QED) is 0.360. The van der Waals surface area contributed by atoms with Gasteiger partial charge in [0.05, 0.1) is 19.3 Å². The minimum atomic E-state index is -0.650. The first-order valence-corrected chi connectivity index (χ1v) is 6.85. The van der Waals surface area contributed by atoms with Crippen molar-refractivity contribution in [2.24, 2.45) is 5.11 Å². The van der Waals surface area contributed by atoms with Crippen molar-refractivity contribution in [2.45, 2.75) is 32.8 Å². The number of carbonyl (C=O) groups is 1. The maximum atomic E-state index is 11.6. The van der Waals surface area contributed by atoms with Gasteiger partial charge in [0.25, 0.3) is 0 Å². The molecule has 1 N–H and O–H groups in total. The lowest BCUT2D eigenvalue weighted by Gasteiger charge is -2.06. The molecular formula is C12H17N3O3S. The van der Waals surface area contributed by atoms with Crippen molar-refractivity contribution in [3.8, 4) is 0 Å². The van der Waals surface area contributed by atoms with Gasteiger partial charge in [0.1, 0.15) is 4.88 Å². The molecular weight excluding hydrogens is 266 g/mol. The molecule has 19 heavy (non-hydrogen) atoms. The average Bonchev–Trinajstić information content (AvgIpc) is 2.76. The second-order valence-electron chi connectivity index (χ2n) is 4.04. The third kappa shape index (κ3) is 4.90. The molecule has 0 saturated carbocycles. The molecule has 0 radical (unpaired) electrons. The third-order valence-corrected chi connectivity index (χ3v) is 3.83. The van der Waals surface area contributed by atoms with Crippen LogP contribution in [0.4, 0.5) is 0 Å². The van der Waals surface area contributed by atoms with Crippen molar-refractivity contribution in [3.05, 3.63) is 31.8 Å². The van der Waals surface area contributed by atoms with Crippen LogP contribution < -0.4 is 0 Å². The van der Waals surface area contributed by atoms with Gasteiger partial charge >= 0.3 is 5.97 Å². The second-order valence-corrected chi connectivity index (χ2v) is 5.18. The molecule has 0 fully saturated rings. The molecule has 1 aromatic rings. The highest BCUT2D eigenvalue weighted by Crippen LogP contribution is 2.24. The fourth-order valence-electron chi connectivity index (χ4n) is 1.59. The molecule has 0 saturated heterocycles. The average molecular weight is 283 g/mol. The minimum absolute atomic E-state index is 0.0751. The van der Waals surface area contributed by atoms with E-state index >= 15 is 0 Å². The number of thiophene rings is 1. The fourth-order valence-corrected chi connectivity index (χ4v) is 2.67. The molecule has 1 atom stereocenters. The van der Waals surface area contributed by atoms with Crippen LogP contribution in [0, 0.1) is 6.92 Å². The molecule has 104 valence electrons. The maximum Gasteiger partial charge on any atom is 0.348 e. The molecule has 0 aliphatic carbocycles. The lowest BCUT2D eigenvalue weighted by molar-refractivity contribution is 0.0532. The van der Waals surface area contributed by atoms with Crippen LogP contribution >= 0.6 is 11.3 Å². The first-order valence-electron chi connectivity index (χ1n) is 6.03. The number of esters is 1. The van der Waals surface area contributed by atoms with Gasteiger partial charge < -0.3 is 9.84 Å². The van der Waals surface area contributed by atoms with Crippen LogP contribution in [-0.4, -0.2) is 30.3 Å². The SMILES string of the molecule is CCOC(=O)c1cc(C)c(CCC(O)CN=[N+]=[N-])s1. The summed E-state index contributed by atoms with van der Waals surface area (Å²) < 4.78 is 4.94. The molecule has 1 rings (SSSR count). The molecule has 0 aliphatic heterocycles. The Morgan fingerprint density at radius 3 is 3.05 bits per heavy atom. The molecule has 1 unspecified atom stereocenters. The summed E-state index contributed by atoms with van der Waals surface area (Å²) in [5.74, 6) is -0.309. The largest absolute Gasteiger partial charge is 0.462 e. The highest BCUT2D eigenvalue weighted by Gasteiger charge is 2.14. The summed E-state index contributed by atoms with van der Waals surface area (Å²) in [5, 5.41) is 12.9. The highest BCUT2D eigenvalue weighted by atomic mass is 32.1. The number of aliphatic hydroxyl groups excluding tert-OH is 1. The number of azide groups is 1. The number of hydrogen-bond acceptors (Lipinski definition) is 5. The van der Waals surface area contributed by atoms with Gasteiger partial charge in [0, 0.05) is 9.79 Å². The Balaban J connectivity index is 2.59. The maximum absolute atomic E-state index is 11.6. The Morgan fingerprint density at radius 1 is 1.68 bits per heavy atom. The summed E-state index contributed by atoms with van der Waals surface area (Å²) in [7, 11) is 0. The highest BCUT2D eigenvalue weighted by molar-refractivity contribution is 7.14. The fraction of sp³-hybridized carbons (Fsp3) is 0.583. The predicted octanol–water partition coefficient (Wildman–Crippen LogP) is 2.84. The lowest BCUT2D eigenvalue weighted by atomic mass is 10.1. The molecule has 7 heteroatoms. The Morgan fingerprint density at radius 2 is 2.42 bits per heavy atom. The summed E-state index contributed by atoms with van der Waals surface area (Å²) in [5.41, 5.74) is 9.17. The van der Waals surface area contributed by atoms with E-state index in [1.165, 1.54) is 11.3 Å². The van der Waals surface area contributed by atoms with E-state index in [1.807, 2.05) is 6.92 Å². The molecule has 6 nitrogen and oxygen atoms in total. The zero-order valence-electron chi connectivity index (χ0n) is 11.0. The standard InChI is InChI=1S/C12H17N3O3S/c1-3-18-12(17)11-6-8(2)10(19-11)5-4-9(16)7-14-15-13/h6,9,16H,3-5,7H2,1-2H3. The van der Waals surface area contributed by atoms with Gasteiger partial charge in [0.15, 0.2) is 0 Å². The smallest absolute Gasteiger partial charge is 0.348 e. The van der Waals surface area contributed by atoms with Gasteiger partial charge in [-0.1, -0.05) is 5.11 Å². The number of hydrogen-bond donors (Lipinski definition) is 1. The van der Waals surface area contributed by atoms with Crippen molar-refractivity contribution in [1.82, 2.24) is 0 Å². The first-order chi connectivity index (χ1) is 9.08. The molecule has 1 aromatic heterocycles. The molecule has 0 spiro atoms. The van der Waals surface area contributed by atoms with E-state index in [0.29, 0.717) is 24.3 Å². The van der Waals surface area contributed by atoms with E-state index in [4.69, 9.17) is 10.3 Å². The summed E-state index contributed by atoms with van der Waals surface area (Å²) in [6.45, 7) is 4.13. The van der Waals surface area contributed by atoms with E-state index in [-0.39, 0.29) is 12.5 Å². The van der Waals surface area contributed by atoms with E-state index in [1.54, 1.807) is 13.0 Å². The van der Waals surface area contributed by atoms with Crippen LogP contribution in [0.5, 0.6) is 0 Å². The van der Waals surface area contributed by atoms with Crippen molar-refractivity contribution in [2.75, 3.05) is 13.2 Å². The van der Waals surface area contributed by atoms with Crippen LogP contribution in [0.1, 0.15) is 33.5 Å². The van der Waals surface area contributed by atoms with Gasteiger partial charge in [-0.2, -0.15) is 0 Å². The Kier molecular flexibility index (Phi) is 6.35. The van der Waals surface area contributed by atoms with Crippen LogP contribution in [0.2, 0.25) is 0 Å². The van der Waals surface area contributed by atoms with Crippen LogP contribution in [0.3, 0.4) is 0 Å². The number of carbonyl (C=O) groups excluding carboxylic acids is 1. The molecule has 0 aromatic carbocycles. The Bertz CT molecular complexity index is 481. The van der Waals surface area contributed by atoms with E-state index in [0.717, 1.165) is 10.4 Å². The predicted molar refractivity (Wildman–Crippen MR) is 73.4 cm³/mol. The van der Waals surface area contributed by atoms with Gasteiger partial charge in [-0.05, 0) is 43.9 Å². The summed E-state index contributed by atoms with van der Waals surface area (Å²) in [6.07, 6.45) is 0.504. The Labute approximate surface area is 115 Å². The van der Waals surface area contributed by atoms with Crippen LogP contribution in [0.15, 0.2) is 11.2 Å². The van der Waals surface area contributed by atoms with Gasteiger partial charge in [-0.15, -0.1) is 11.3 Å². The van der Waals surface area contributed by atoms with Gasteiger partial charge in [-0.25, -0.2) is 4.79 Å². The molecule has 1 heterocycles. The van der Waals surface area contributed by atoms with E-state index < -0.39 is 6.10 Å².